The summed E-state index contributed by atoms with van der Waals surface area (Å²) in [5, 5.41) is 8.09. The molecule has 1 atom stereocenters. The lowest BCUT2D eigenvalue weighted by molar-refractivity contribution is -0.00119. The van der Waals surface area contributed by atoms with E-state index >= 15 is 0 Å². The predicted octanol–water partition coefficient (Wildman–Crippen LogP) is 4.14. The maximum absolute atomic E-state index is 12.6. The Bertz CT molecular complexity index is 1000. The Morgan fingerprint density at radius 3 is 2.86 bits per heavy atom. The Morgan fingerprint density at radius 2 is 2.07 bits per heavy atom. The van der Waals surface area contributed by atoms with Gasteiger partial charge in [-0.05, 0) is 36.8 Å². The van der Waals surface area contributed by atoms with Gasteiger partial charge in [0.25, 0.3) is 5.91 Å². The molecular weight excluding hydrogens is 390 g/mol. The van der Waals surface area contributed by atoms with Gasteiger partial charge in [-0.25, -0.2) is 0 Å². The maximum atomic E-state index is 12.6. The molecule has 29 heavy (non-hydrogen) atoms. The predicted molar refractivity (Wildman–Crippen MR) is 110 cm³/mol. The molecule has 1 aliphatic rings. The third kappa shape index (κ3) is 4.44. The van der Waals surface area contributed by atoms with E-state index in [9.17, 15) is 4.79 Å². The minimum absolute atomic E-state index is 0.117. The molecule has 6 nitrogen and oxygen atoms in total. The molecule has 7 heteroatoms. The second kappa shape index (κ2) is 8.68. The summed E-state index contributed by atoms with van der Waals surface area (Å²) in [5.74, 6) is 0.555. The summed E-state index contributed by atoms with van der Waals surface area (Å²) in [5.41, 5.74) is 3.23. The fraction of sp³-hybridized carbons (Fsp3) is 0.273. The molecule has 1 amide bonds. The quantitative estimate of drug-likeness (QED) is 0.662. The third-order valence-corrected chi connectivity index (χ3v) is 5.07. The number of ether oxygens (including phenoxy) is 2. The van der Waals surface area contributed by atoms with Crippen LogP contribution in [0, 0.1) is 0 Å². The zero-order chi connectivity index (χ0) is 20.2. The van der Waals surface area contributed by atoms with E-state index in [4.69, 9.17) is 21.1 Å². The van der Waals surface area contributed by atoms with Crippen molar-refractivity contribution in [3.63, 3.8) is 0 Å². The molecule has 0 aliphatic carbocycles. The molecule has 0 saturated heterocycles. The second-order valence-electron chi connectivity index (χ2n) is 6.78. The van der Waals surface area contributed by atoms with Crippen molar-refractivity contribution in [1.82, 2.24) is 15.1 Å². The summed E-state index contributed by atoms with van der Waals surface area (Å²) < 4.78 is 13.4. The summed E-state index contributed by atoms with van der Waals surface area (Å²) in [4.78, 5) is 12.6. The molecule has 3 aromatic rings. The number of carbonyl (C=O) groups excluding carboxylic acids is 1. The SMILES string of the molecule is CCOc1ccccc1CNC(=O)c1cc2n(n1)C[C@H](c1ccc(Cl)cc1)OC2. The van der Waals surface area contributed by atoms with Gasteiger partial charge in [0.2, 0.25) is 0 Å². The highest BCUT2D eigenvalue weighted by Gasteiger charge is 2.24. The minimum Gasteiger partial charge on any atom is -0.494 e. The van der Waals surface area contributed by atoms with E-state index in [1.54, 1.807) is 6.07 Å². The van der Waals surface area contributed by atoms with Crippen molar-refractivity contribution < 1.29 is 14.3 Å². The molecule has 0 spiro atoms. The first kappa shape index (κ1) is 19.5. The molecule has 0 saturated carbocycles. The number of para-hydroxylation sites is 1. The summed E-state index contributed by atoms with van der Waals surface area (Å²) in [6.07, 6.45) is -0.117. The van der Waals surface area contributed by atoms with E-state index in [1.807, 2.05) is 60.1 Å². The van der Waals surface area contributed by atoms with Crippen molar-refractivity contribution in [3.05, 3.63) is 82.1 Å². The van der Waals surface area contributed by atoms with Gasteiger partial charge in [0.05, 0.1) is 25.5 Å². The number of rotatable bonds is 6. The standard InChI is InChI=1S/C22H22ClN3O3/c1-2-28-20-6-4-3-5-16(20)12-24-22(27)19-11-18-14-29-21(13-26(18)25-19)15-7-9-17(23)10-8-15/h3-11,21H,2,12-14H2,1H3,(H,24,27)/t21-/m1/s1. The lowest BCUT2D eigenvalue weighted by atomic mass is 10.1. The van der Waals surface area contributed by atoms with Gasteiger partial charge in [0.1, 0.15) is 11.9 Å². The van der Waals surface area contributed by atoms with Crippen molar-refractivity contribution in [1.29, 1.82) is 0 Å². The number of nitrogens with zero attached hydrogens (tertiary/aromatic N) is 2. The molecule has 0 bridgehead atoms. The lowest BCUT2D eigenvalue weighted by Gasteiger charge is -2.24. The number of hydrogen-bond acceptors (Lipinski definition) is 4. The Kier molecular flexibility index (Phi) is 5.83. The average molecular weight is 412 g/mol. The largest absolute Gasteiger partial charge is 0.494 e. The highest BCUT2D eigenvalue weighted by molar-refractivity contribution is 6.30. The van der Waals surface area contributed by atoms with Crippen molar-refractivity contribution in [2.45, 2.75) is 32.7 Å². The molecule has 1 aliphatic heterocycles. The van der Waals surface area contributed by atoms with Crippen LogP contribution >= 0.6 is 11.6 Å². The lowest BCUT2D eigenvalue weighted by Crippen LogP contribution is -2.24. The van der Waals surface area contributed by atoms with E-state index in [1.165, 1.54) is 0 Å². The van der Waals surface area contributed by atoms with E-state index in [-0.39, 0.29) is 12.0 Å². The molecule has 1 aromatic heterocycles. The van der Waals surface area contributed by atoms with Gasteiger partial charge in [-0.1, -0.05) is 41.9 Å². The number of carbonyl (C=O) groups is 1. The van der Waals surface area contributed by atoms with Crippen LogP contribution in [0.2, 0.25) is 5.02 Å². The summed E-state index contributed by atoms with van der Waals surface area (Å²) in [6.45, 7) is 3.84. The van der Waals surface area contributed by atoms with Crippen LogP contribution in [0.5, 0.6) is 5.75 Å². The fourth-order valence-corrected chi connectivity index (χ4v) is 3.45. The molecular formula is C22H22ClN3O3. The van der Waals surface area contributed by atoms with Crippen LogP contribution in [0.4, 0.5) is 0 Å². The second-order valence-corrected chi connectivity index (χ2v) is 7.21. The molecule has 0 unspecified atom stereocenters. The van der Waals surface area contributed by atoms with Crippen LogP contribution in [0.15, 0.2) is 54.6 Å². The summed E-state index contributed by atoms with van der Waals surface area (Å²) in [6, 6.07) is 17.0. The van der Waals surface area contributed by atoms with Crippen LogP contribution in [-0.4, -0.2) is 22.3 Å². The molecule has 0 fully saturated rings. The topological polar surface area (TPSA) is 65.4 Å². The minimum atomic E-state index is -0.221. The molecule has 1 N–H and O–H groups in total. The number of halogens is 1. The van der Waals surface area contributed by atoms with Crippen molar-refractivity contribution in [3.8, 4) is 5.75 Å². The monoisotopic (exact) mass is 411 g/mol. The van der Waals surface area contributed by atoms with Gasteiger partial charge in [-0.15, -0.1) is 0 Å². The molecule has 150 valence electrons. The Hall–Kier alpha value is -2.83. The maximum Gasteiger partial charge on any atom is 0.272 e. The zero-order valence-electron chi connectivity index (χ0n) is 16.1. The van der Waals surface area contributed by atoms with E-state index in [2.05, 4.69) is 10.4 Å². The zero-order valence-corrected chi connectivity index (χ0v) is 16.9. The Balaban J connectivity index is 1.42. The van der Waals surface area contributed by atoms with Crippen LogP contribution in [0.1, 0.15) is 40.3 Å². The van der Waals surface area contributed by atoms with Gasteiger partial charge in [-0.3, -0.25) is 9.48 Å². The van der Waals surface area contributed by atoms with Crippen LogP contribution in [-0.2, 0) is 24.4 Å². The van der Waals surface area contributed by atoms with E-state index < -0.39 is 0 Å². The van der Waals surface area contributed by atoms with Gasteiger partial charge in [-0.2, -0.15) is 5.10 Å². The van der Waals surface area contributed by atoms with E-state index in [0.717, 1.165) is 22.6 Å². The molecule has 2 heterocycles. The average Bonchev–Trinajstić information content (AvgIpc) is 3.17. The number of amides is 1. The van der Waals surface area contributed by atoms with Crippen LogP contribution in [0.3, 0.4) is 0 Å². The number of benzene rings is 2. The van der Waals surface area contributed by atoms with E-state index in [0.29, 0.717) is 37.0 Å². The molecule has 0 radical (unpaired) electrons. The first-order valence-electron chi connectivity index (χ1n) is 9.56. The number of aromatic nitrogens is 2. The van der Waals surface area contributed by atoms with Gasteiger partial charge in [0.15, 0.2) is 5.69 Å². The molecule has 2 aromatic carbocycles. The summed E-state index contributed by atoms with van der Waals surface area (Å²) in [7, 11) is 0. The number of nitrogens with one attached hydrogen (secondary N) is 1. The first-order chi connectivity index (χ1) is 14.1. The summed E-state index contributed by atoms with van der Waals surface area (Å²) >= 11 is 5.96. The van der Waals surface area contributed by atoms with Crippen molar-refractivity contribution in [2.75, 3.05) is 6.61 Å². The highest BCUT2D eigenvalue weighted by Crippen LogP contribution is 2.27. The third-order valence-electron chi connectivity index (χ3n) is 4.82. The van der Waals surface area contributed by atoms with Gasteiger partial charge < -0.3 is 14.8 Å². The van der Waals surface area contributed by atoms with Gasteiger partial charge >= 0.3 is 0 Å². The van der Waals surface area contributed by atoms with Crippen LogP contribution < -0.4 is 10.1 Å². The van der Waals surface area contributed by atoms with Gasteiger partial charge in [0, 0.05) is 17.1 Å². The smallest absolute Gasteiger partial charge is 0.272 e. The number of hydrogen-bond donors (Lipinski definition) is 1. The van der Waals surface area contributed by atoms with Crippen LogP contribution in [0.25, 0.3) is 0 Å². The molecule has 4 rings (SSSR count). The highest BCUT2D eigenvalue weighted by atomic mass is 35.5. The Labute approximate surface area is 174 Å². The first-order valence-corrected chi connectivity index (χ1v) is 9.94. The van der Waals surface area contributed by atoms with Crippen molar-refractivity contribution in [2.24, 2.45) is 0 Å². The Morgan fingerprint density at radius 1 is 1.28 bits per heavy atom. The number of fused-ring (bicyclic) bond motifs is 1. The van der Waals surface area contributed by atoms with Crippen molar-refractivity contribution >= 4 is 17.5 Å². The fourth-order valence-electron chi connectivity index (χ4n) is 3.33. The normalized spacial score (nSPS) is 15.6.